The maximum atomic E-state index is 3.64. The van der Waals surface area contributed by atoms with Gasteiger partial charge >= 0.3 is 0 Å². The first kappa shape index (κ1) is 51.0. The van der Waals surface area contributed by atoms with Gasteiger partial charge in [0.1, 0.15) is 0 Å². The molecule has 3 aliphatic rings. The van der Waals surface area contributed by atoms with Gasteiger partial charge in [-0.2, -0.15) is 0 Å². The molecule has 0 atom stereocenters. The van der Waals surface area contributed by atoms with Gasteiger partial charge in [0.2, 0.25) is 0 Å². The highest BCUT2D eigenvalue weighted by Gasteiger charge is 2.38. The Kier molecular flexibility index (Phi) is 12.9. The van der Waals surface area contributed by atoms with Crippen molar-refractivity contribution in [1.82, 2.24) is 0 Å². The molecular formula is C81H62N2. The number of fused-ring (bicyclic) bond motifs is 6. The summed E-state index contributed by atoms with van der Waals surface area (Å²) in [7, 11) is 0. The van der Waals surface area contributed by atoms with Crippen molar-refractivity contribution >= 4 is 39.7 Å². The molecule has 0 N–H and O–H groups in total. The van der Waals surface area contributed by atoms with E-state index in [-0.39, 0.29) is 10.8 Å². The van der Waals surface area contributed by atoms with Crippen LogP contribution >= 0.6 is 0 Å². The molecule has 396 valence electrons. The molecule has 0 aromatic heterocycles. The fraction of sp³-hybridized carbons (Fsp3) is 0.0864. The number of nitrogens with zero attached hydrogens (tertiary/aromatic N) is 2. The smallest absolute Gasteiger partial charge is 0.0467 e. The van der Waals surface area contributed by atoms with Gasteiger partial charge in [-0.3, -0.25) is 0 Å². The zero-order valence-electron chi connectivity index (χ0n) is 47.3. The summed E-state index contributed by atoms with van der Waals surface area (Å²) in [5, 5.41) is 0. The molecule has 2 heteroatoms. The second-order valence-corrected chi connectivity index (χ2v) is 23.1. The molecule has 0 bridgehead atoms. The van der Waals surface area contributed by atoms with Gasteiger partial charge in [0.05, 0.1) is 0 Å². The molecule has 0 unspecified atom stereocenters. The first-order valence-corrected chi connectivity index (χ1v) is 29.0. The van der Waals surface area contributed by atoms with E-state index in [0.717, 1.165) is 51.7 Å². The molecule has 0 fully saturated rings. The van der Waals surface area contributed by atoms with Gasteiger partial charge in [-0.25, -0.2) is 0 Å². The molecule has 11 aromatic carbocycles. The van der Waals surface area contributed by atoms with E-state index >= 15 is 0 Å². The Bertz CT molecular complexity index is 4380. The summed E-state index contributed by atoms with van der Waals surface area (Å²) in [5.74, 6) is 7.27. The lowest BCUT2D eigenvalue weighted by atomic mass is 9.81. The number of hydrogen-bond donors (Lipinski definition) is 0. The van der Waals surface area contributed by atoms with Crippen molar-refractivity contribution in [3.8, 4) is 67.5 Å². The molecule has 2 nitrogen and oxygen atoms in total. The summed E-state index contributed by atoms with van der Waals surface area (Å²) >= 11 is 0. The van der Waals surface area contributed by atoms with Crippen LogP contribution in [0.1, 0.15) is 73.1 Å². The van der Waals surface area contributed by atoms with E-state index in [1.165, 1.54) is 89.0 Å². The van der Waals surface area contributed by atoms with Crippen LogP contribution in [-0.2, 0) is 10.8 Å². The van der Waals surface area contributed by atoms with E-state index in [1.54, 1.807) is 0 Å². The third kappa shape index (κ3) is 9.51. The Morgan fingerprint density at radius 1 is 0.301 bits per heavy atom. The molecule has 0 aliphatic heterocycles. The van der Waals surface area contributed by atoms with Crippen LogP contribution in [0, 0.1) is 11.8 Å². The minimum atomic E-state index is -0.270. The summed E-state index contributed by atoms with van der Waals surface area (Å²) in [5.41, 5.74) is 28.0. The average Bonchev–Trinajstić information content (AvgIpc) is 2.91. The number of hydrogen-bond acceptors (Lipinski definition) is 2. The maximum Gasteiger partial charge on any atom is 0.0467 e. The highest BCUT2D eigenvalue weighted by Crippen LogP contribution is 2.53. The molecule has 83 heavy (non-hydrogen) atoms. The molecule has 0 saturated heterocycles. The summed E-state index contributed by atoms with van der Waals surface area (Å²) < 4.78 is 0. The Balaban J connectivity index is 0.775. The Labute approximate surface area is 489 Å². The van der Waals surface area contributed by atoms with Crippen LogP contribution in [0.15, 0.2) is 291 Å². The van der Waals surface area contributed by atoms with Crippen molar-refractivity contribution in [1.29, 1.82) is 0 Å². The highest BCUT2D eigenvalue weighted by molar-refractivity contribution is 5.90. The van der Waals surface area contributed by atoms with Gasteiger partial charge in [-0.05, 0) is 193 Å². The summed E-state index contributed by atoms with van der Waals surface area (Å²) in [6, 6.07) is 95.5. The zero-order valence-corrected chi connectivity index (χ0v) is 47.3. The molecule has 0 amide bonds. The molecule has 0 spiro atoms. The van der Waals surface area contributed by atoms with E-state index in [1.807, 2.05) is 0 Å². The van der Waals surface area contributed by atoms with Gasteiger partial charge in [-0.1, -0.05) is 234 Å². The van der Waals surface area contributed by atoms with E-state index in [0.29, 0.717) is 0 Å². The van der Waals surface area contributed by atoms with Crippen molar-refractivity contribution < 1.29 is 0 Å². The van der Waals surface area contributed by atoms with Crippen molar-refractivity contribution in [3.05, 3.63) is 330 Å². The minimum Gasteiger partial charge on any atom is -0.310 e. The maximum absolute atomic E-state index is 3.64. The molecule has 0 heterocycles. The molecule has 11 aromatic rings. The normalized spacial score (nSPS) is 13.8. The van der Waals surface area contributed by atoms with Crippen molar-refractivity contribution in [2.75, 3.05) is 9.80 Å². The summed E-state index contributed by atoms with van der Waals surface area (Å²) in [6.07, 6.45) is 11.9. The van der Waals surface area contributed by atoms with Crippen molar-refractivity contribution in [2.45, 2.75) is 44.9 Å². The third-order valence-electron chi connectivity index (χ3n) is 17.3. The zero-order chi connectivity index (χ0) is 56.1. The highest BCUT2D eigenvalue weighted by atomic mass is 15.1. The quantitative estimate of drug-likeness (QED) is 0.126. The summed E-state index contributed by atoms with van der Waals surface area (Å²) in [4.78, 5) is 4.84. The number of benzene rings is 11. The SMILES string of the molecule is CC1(C)c2cc(C#Cc3ccc4c(c3)C(C)(C)c3cc(N(c5cccc(-c6ccccc6)c5)c5cccc(-c6ccccc6)c5)ccc3-4)ccc2-c2ccc(N(c3cccc(C4=CCC=CC=C4)c3)c3cccc(-c4ccccc4)c3)cc21. The second-order valence-electron chi connectivity index (χ2n) is 23.1. The number of allylic oxidation sites excluding steroid dienone is 6. The van der Waals surface area contributed by atoms with E-state index < -0.39 is 0 Å². The van der Waals surface area contributed by atoms with E-state index in [9.17, 15) is 0 Å². The molecular weight excluding hydrogens is 1000 g/mol. The molecule has 0 saturated carbocycles. The Morgan fingerprint density at radius 3 is 1.05 bits per heavy atom. The van der Waals surface area contributed by atoms with Gasteiger partial charge in [-0.15, -0.1) is 0 Å². The van der Waals surface area contributed by atoms with E-state index in [2.05, 4.69) is 341 Å². The lowest BCUT2D eigenvalue weighted by Crippen LogP contribution is -2.17. The molecule has 0 radical (unpaired) electrons. The van der Waals surface area contributed by atoms with E-state index in [4.69, 9.17) is 0 Å². The largest absolute Gasteiger partial charge is 0.310 e. The Hall–Kier alpha value is -10.2. The monoisotopic (exact) mass is 1060 g/mol. The fourth-order valence-electron chi connectivity index (χ4n) is 12.9. The van der Waals surface area contributed by atoms with Crippen LogP contribution in [0.3, 0.4) is 0 Å². The molecule has 14 rings (SSSR count). The first-order chi connectivity index (χ1) is 40.6. The topological polar surface area (TPSA) is 6.48 Å². The molecule has 3 aliphatic carbocycles. The van der Waals surface area contributed by atoms with Crippen LogP contribution in [0.25, 0.3) is 61.2 Å². The third-order valence-corrected chi connectivity index (χ3v) is 17.3. The van der Waals surface area contributed by atoms with Crippen molar-refractivity contribution in [3.63, 3.8) is 0 Å². The van der Waals surface area contributed by atoms with Crippen LogP contribution in [0.5, 0.6) is 0 Å². The predicted octanol–water partition coefficient (Wildman–Crippen LogP) is 21.5. The van der Waals surface area contributed by atoms with Crippen molar-refractivity contribution in [2.24, 2.45) is 0 Å². The minimum absolute atomic E-state index is 0.269. The average molecular weight is 1060 g/mol. The predicted molar refractivity (Wildman–Crippen MR) is 351 cm³/mol. The lowest BCUT2D eigenvalue weighted by molar-refractivity contribution is 0.660. The van der Waals surface area contributed by atoms with Gasteiger partial charge in [0.25, 0.3) is 0 Å². The van der Waals surface area contributed by atoms with Gasteiger partial charge in [0.15, 0.2) is 0 Å². The van der Waals surface area contributed by atoms with Gasteiger partial charge in [0, 0.05) is 56.1 Å². The lowest BCUT2D eigenvalue weighted by Gasteiger charge is -2.29. The van der Waals surface area contributed by atoms with Crippen LogP contribution in [-0.4, -0.2) is 0 Å². The van der Waals surface area contributed by atoms with Gasteiger partial charge < -0.3 is 9.80 Å². The van der Waals surface area contributed by atoms with Crippen LogP contribution in [0.2, 0.25) is 0 Å². The fourth-order valence-corrected chi connectivity index (χ4v) is 12.9. The van der Waals surface area contributed by atoms with Crippen LogP contribution in [0.4, 0.5) is 34.1 Å². The Morgan fingerprint density at radius 2 is 0.639 bits per heavy atom. The van der Waals surface area contributed by atoms with Crippen LogP contribution < -0.4 is 9.80 Å². The second kappa shape index (κ2) is 21.0. The standard InChI is InChI=1S/C81H62N2/c1-80(2)76-48-56(40-44-72(76)74-46-42-70(54-78(74)80)82(67-35-19-31-63(51-67)59-24-12-7-13-25-59)66-34-18-30-62(50-66)58-22-10-5-6-11-23-58)38-39-57-41-45-73-75-47-43-71(55-79(75)81(3,4)77(73)49-57)83(68-36-20-32-64(52-68)60-26-14-8-15-27-60)69-37-21-33-65(53-69)61-28-16-9-17-29-61/h5-10,12-37,40-55H,11H2,1-4H3. The first-order valence-electron chi connectivity index (χ1n) is 29.0. The number of rotatable bonds is 10. The number of anilines is 6. The summed E-state index contributed by atoms with van der Waals surface area (Å²) in [6.45, 7) is 9.47.